The molecular formula is C13H28N2O2. The molecule has 1 fully saturated rings. The molecule has 0 aromatic carbocycles. The number of piperidine rings is 1. The maximum absolute atomic E-state index is 5.17. The van der Waals surface area contributed by atoms with Crippen LogP contribution in [-0.2, 0) is 9.47 Å². The van der Waals surface area contributed by atoms with E-state index in [-0.39, 0.29) is 5.54 Å². The average Bonchev–Trinajstić information content (AvgIpc) is 2.33. The van der Waals surface area contributed by atoms with Gasteiger partial charge in [-0.1, -0.05) is 6.42 Å². The number of rotatable bonds is 8. The van der Waals surface area contributed by atoms with Crippen molar-refractivity contribution in [1.82, 2.24) is 10.2 Å². The Hall–Kier alpha value is -0.160. The van der Waals surface area contributed by atoms with Gasteiger partial charge in [-0.3, -0.25) is 4.90 Å². The van der Waals surface area contributed by atoms with Crippen molar-refractivity contribution in [2.75, 3.05) is 53.6 Å². The summed E-state index contributed by atoms with van der Waals surface area (Å²) in [5.41, 5.74) is 0.264. The molecule has 0 aromatic heterocycles. The van der Waals surface area contributed by atoms with Crippen molar-refractivity contribution in [3.05, 3.63) is 0 Å². The van der Waals surface area contributed by atoms with Gasteiger partial charge >= 0.3 is 0 Å². The Labute approximate surface area is 106 Å². The predicted molar refractivity (Wildman–Crippen MR) is 70.5 cm³/mol. The van der Waals surface area contributed by atoms with Crippen molar-refractivity contribution < 1.29 is 9.47 Å². The van der Waals surface area contributed by atoms with Crippen LogP contribution in [0.15, 0.2) is 0 Å². The molecule has 0 radical (unpaired) electrons. The van der Waals surface area contributed by atoms with Crippen LogP contribution in [0, 0.1) is 0 Å². The van der Waals surface area contributed by atoms with Crippen LogP contribution in [0.4, 0.5) is 0 Å². The summed E-state index contributed by atoms with van der Waals surface area (Å²) >= 11 is 0. The Morgan fingerprint density at radius 2 is 1.76 bits per heavy atom. The van der Waals surface area contributed by atoms with Gasteiger partial charge in [-0.05, 0) is 26.3 Å². The third-order valence-corrected chi connectivity index (χ3v) is 3.50. The fraction of sp³-hybridized carbons (Fsp3) is 1.00. The van der Waals surface area contributed by atoms with Gasteiger partial charge in [0.05, 0.1) is 13.2 Å². The van der Waals surface area contributed by atoms with E-state index >= 15 is 0 Å². The topological polar surface area (TPSA) is 33.7 Å². The summed E-state index contributed by atoms with van der Waals surface area (Å²) in [4.78, 5) is 2.44. The highest BCUT2D eigenvalue weighted by atomic mass is 16.5. The molecule has 1 N–H and O–H groups in total. The number of nitrogens with one attached hydrogen (secondary N) is 1. The Balaban J connectivity index is 2.38. The number of methoxy groups -OCH3 is 2. The molecule has 0 aliphatic carbocycles. The Bertz CT molecular complexity index is 186. The number of ether oxygens (including phenoxy) is 2. The van der Waals surface area contributed by atoms with Crippen LogP contribution >= 0.6 is 0 Å². The molecule has 0 aromatic rings. The standard InChI is InChI=1S/C13H28N2O2/c1-13(6-4-5-7-14-13)12-15(8-10-16-2)9-11-17-3/h14H,4-12H2,1-3H3. The quantitative estimate of drug-likeness (QED) is 0.693. The SMILES string of the molecule is COCCN(CCOC)CC1(C)CCCCN1. The van der Waals surface area contributed by atoms with Crippen LogP contribution < -0.4 is 5.32 Å². The largest absolute Gasteiger partial charge is 0.383 e. The minimum absolute atomic E-state index is 0.264. The number of hydrogen-bond acceptors (Lipinski definition) is 4. The summed E-state index contributed by atoms with van der Waals surface area (Å²) in [6.07, 6.45) is 3.92. The van der Waals surface area contributed by atoms with E-state index in [0.29, 0.717) is 0 Å². The van der Waals surface area contributed by atoms with E-state index in [1.165, 1.54) is 19.3 Å². The maximum atomic E-state index is 5.17. The van der Waals surface area contributed by atoms with Gasteiger partial charge < -0.3 is 14.8 Å². The normalized spacial score (nSPS) is 25.4. The molecular weight excluding hydrogens is 216 g/mol. The molecule has 0 amide bonds. The first-order chi connectivity index (χ1) is 8.20. The van der Waals surface area contributed by atoms with Gasteiger partial charge in [0, 0.05) is 39.4 Å². The van der Waals surface area contributed by atoms with E-state index in [1.807, 2.05) is 0 Å². The lowest BCUT2D eigenvalue weighted by molar-refractivity contribution is 0.0879. The first-order valence-electron chi connectivity index (χ1n) is 6.65. The molecule has 0 spiro atoms. The molecule has 0 bridgehead atoms. The minimum Gasteiger partial charge on any atom is -0.383 e. The molecule has 0 saturated carbocycles. The van der Waals surface area contributed by atoms with E-state index in [2.05, 4.69) is 17.1 Å². The third-order valence-electron chi connectivity index (χ3n) is 3.50. The van der Waals surface area contributed by atoms with Crippen LogP contribution in [0.3, 0.4) is 0 Å². The summed E-state index contributed by atoms with van der Waals surface area (Å²) in [6, 6.07) is 0. The highest BCUT2D eigenvalue weighted by molar-refractivity contribution is 4.89. The lowest BCUT2D eigenvalue weighted by Gasteiger charge is -2.39. The molecule has 1 atom stereocenters. The van der Waals surface area contributed by atoms with Crippen molar-refractivity contribution in [2.24, 2.45) is 0 Å². The highest BCUT2D eigenvalue weighted by Gasteiger charge is 2.28. The molecule has 1 saturated heterocycles. The summed E-state index contributed by atoms with van der Waals surface area (Å²) in [5, 5.41) is 3.66. The van der Waals surface area contributed by atoms with E-state index in [0.717, 1.165) is 39.4 Å². The van der Waals surface area contributed by atoms with E-state index < -0.39 is 0 Å². The Morgan fingerprint density at radius 1 is 1.12 bits per heavy atom. The van der Waals surface area contributed by atoms with Gasteiger partial charge in [-0.2, -0.15) is 0 Å². The molecule has 1 heterocycles. The molecule has 1 aliphatic heterocycles. The molecule has 102 valence electrons. The van der Waals surface area contributed by atoms with Gasteiger partial charge in [0.2, 0.25) is 0 Å². The van der Waals surface area contributed by atoms with E-state index in [1.54, 1.807) is 14.2 Å². The van der Waals surface area contributed by atoms with Crippen molar-refractivity contribution in [1.29, 1.82) is 0 Å². The van der Waals surface area contributed by atoms with Gasteiger partial charge in [-0.25, -0.2) is 0 Å². The zero-order valence-electron chi connectivity index (χ0n) is 11.6. The summed E-state index contributed by atoms with van der Waals surface area (Å²) in [5.74, 6) is 0. The molecule has 1 rings (SSSR count). The van der Waals surface area contributed by atoms with Crippen LogP contribution in [-0.4, -0.2) is 64.1 Å². The summed E-state index contributed by atoms with van der Waals surface area (Å²) in [6.45, 7) is 8.12. The summed E-state index contributed by atoms with van der Waals surface area (Å²) < 4.78 is 10.3. The maximum Gasteiger partial charge on any atom is 0.0589 e. The highest BCUT2D eigenvalue weighted by Crippen LogP contribution is 2.19. The molecule has 1 unspecified atom stereocenters. The fourth-order valence-corrected chi connectivity index (χ4v) is 2.46. The molecule has 1 aliphatic rings. The number of nitrogens with zero attached hydrogens (tertiary/aromatic N) is 1. The second kappa shape index (κ2) is 8.03. The predicted octanol–water partition coefficient (Wildman–Crippen LogP) is 1.11. The zero-order valence-corrected chi connectivity index (χ0v) is 11.6. The Kier molecular flexibility index (Phi) is 7.04. The summed E-state index contributed by atoms with van der Waals surface area (Å²) in [7, 11) is 3.52. The lowest BCUT2D eigenvalue weighted by Crippen LogP contribution is -2.54. The molecule has 17 heavy (non-hydrogen) atoms. The zero-order chi connectivity index (χ0) is 12.6. The van der Waals surface area contributed by atoms with Gasteiger partial charge in [0.1, 0.15) is 0 Å². The van der Waals surface area contributed by atoms with Gasteiger partial charge in [0.15, 0.2) is 0 Å². The lowest BCUT2D eigenvalue weighted by atomic mass is 9.90. The van der Waals surface area contributed by atoms with Crippen LogP contribution in [0.5, 0.6) is 0 Å². The molecule has 4 heteroatoms. The van der Waals surface area contributed by atoms with Crippen molar-refractivity contribution in [3.63, 3.8) is 0 Å². The van der Waals surface area contributed by atoms with Gasteiger partial charge in [0.25, 0.3) is 0 Å². The fourth-order valence-electron chi connectivity index (χ4n) is 2.46. The van der Waals surface area contributed by atoms with Crippen molar-refractivity contribution in [2.45, 2.75) is 31.7 Å². The first kappa shape index (κ1) is 14.9. The van der Waals surface area contributed by atoms with E-state index in [9.17, 15) is 0 Å². The third kappa shape index (κ3) is 5.82. The van der Waals surface area contributed by atoms with Crippen LogP contribution in [0.1, 0.15) is 26.2 Å². The smallest absolute Gasteiger partial charge is 0.0589 e. The van der Waals surface area contributed by atoms with Crippen molar-refractivity contribution in [3.8, 4) is 0 Å². The number of hydrogen-bond donors (Lipinski definition) is 1. The Morgan fingerprint density at radius 3 is 2.24 bits per heavy atom. The van der Waals surface area contributed by atoms with E-state index in [4.69, 9.17) is 9.47 Å². The van der Waals surface area contributed by atoms with Crippen LogP contribution in [0.2, 0.25) is 0 Å². The van der Waals surface area contributed by atoms with Crippen molar-refractivity contribution >= 4 is 0 Å². The van der Waals surface area contributed by atoms with Crippen LogP contribution in [0.25, 0.3) is 0 Å². The molecule has 4 nitrogen and oxygen atoms in total. The monoisotopic (exact) mass is 244 g/mol. The second-order valence-corrected chi connectivity index (χ2v) is 5.21. The minimum atomic E-state index is 0.264. The van der Waals surface area contributed by atoms with Gasteiger partial charge in [-0.15, -0.1) is 0 Å². The second-order valence-electron chi connectivity index (χ2n) is 5.21. The first-order valence-corrected chi connectivity index (χ1v) is 6.65. The average molecular weight is 244 g/mol.